The third-order valence-electron chi connectivity index (χ3n) is 4.30. The molecule has 1 aliphatic rings. The van der Waals surface area contributed by atoms with Gasteiger partial charge in [0.2, 0.25) is 6.29 Å². The Kier molecular flexibility index (Phi) is 6.96. The standard InChI is InChI=1S/C18H26O8/c1-4-10-6-11(9(3)20)7-12(24-5-2)17(10)26-18-16(23)15(22)14(21)13(8-19)25-18/h6-7,13-16,18-19,21-23H,4-5,8H2,1-3H3/t13-,14-,15+,16-,18+/m1/s1. The van der Waals surface area contributed by atoms with E-state index in [0.29, 0.717) is 29.9 Å². The van der Waals surface area contributed by atoms with Gasteiger partial charge in [-0.05, 0) is 38.0 Å². The van der Waals surface area contributed by atoms with Crippen LogP contribution in [0.4, 0.5) is 0 Å². The van der Waals surface area contributed by atoms with Crippen molar-refractivity contribution in [1.29, 1.82) is 0 Å². The molecule has 0 radical (unpaired) electrons. The molecule has 0 aromatic heterocycles. The van der Waals surface area contributed by atoms with Gasteiger partial charge in [0, 0.05) is 5.56 Å². The van der Waals surface area contributed by atoms with Crippen molar-refractivity contribution < 1.29 is 39.4 Å². The molecule has 0 spiro atoms. The molecule has 26 heavy (non-hydrogen) atoms. The quantitative estimate of drug-likeness (QED) is 0.495. The average molecular weight is 370 g/mol. The minimum Gasteiger partial charge on any atom is -0.490 e. The largest absolute Gasteiger partial charge is 0.490 e. The Balaban J connectivity index is 2.39. The Morgan fingerprint density at radius 2 is 1.85 bits per heavy atom. The summed E-state index contributed by atoms with van der Waals surface area (Å²) in [5.41, 5.74) is 1.13. The fourth-order valence-corrected chi connectivity index (χ4v) is 2.80. The molecule has 8 heteroatoms. The van der Waals surface area contributed by atoms with Crippen molar-refractivity contribution in [2.24, 2.45) is 0 Å². The molecule has 1 aliphatic heterocycles. The van der Waals surface area contributed by atoms with Crippen LogP contribution in [-0.2, 0) is 11.2 Å². The zero-order chi connectivity index (χ0) is 19.4. The molecule has 4 N–H and O–H groups in total. The highest BCUT2D eigenvalue weighted by Crippen LogP contribution is 2.36. The summed E-state index contributed by atoms with van der Waals surface area (Å²) in [4.78, 5) is 11.7. The first kappa shape index (κ1) is 20.6. The maximum absolute atomic E-state index is 11.7. The van der Waals surface area contributed by atoms with E-state index in [2.05, 4.69) is 0 Å². The molecule has 1 saturated heterocycles. The van der Waals surface area contributed by atoms with Crippen LogP contribution >= 0.6 is 0 Å². The lowest BCUT2D eigenvalue weighted by molar-refractivity contribution is -0.277. The monoisotopic (exact) mass is 370 g/mol. The molecule has 0 unspecified atom stereocenters. The van der Waals surface area contributed by atoms with E-state index in [1.165, 1.54) is 6.92 Å². The van der Waals surface area contributed by atoms with Gasteiger partial charge in [0.1, 0.15) is 24.4 Å². The molecule has 0 bridgehead atoms. The number of carbonyl (C=O) groups excluding carboxylic acids is 1. The number of ether oxygens (including phenoxy) is 3. The minimum atomic E-state index is -1.54. The van der Waals surface area contributed by atoms with Gasteiger partial charge in [0.15, 0.2) is 17.3 Å². The zero-order valence-electron chi connectivity index (χ0n) is 15.1. The van der Waals surface area contributed by atoms with E-state index in [-0.39, 0.29) is 11.5 Å². The van der Waals surface area contributed by atoms with Gasteiger partial charge in [0.25, 0.3) is 0 Å². The molecular weight excluding hydrogens is 344 g/mol. The molecule has 2 rings (SSSR count). The second kappa shape index (κ2) is 8.79. The molecule has 1 aromatic rings. The van der Waals surface area contributed by atoms with Gasteiger partial charge in [-0.3, -0.25) is 4.79 Å². The smallest absolute Gasteiger partial charge is 0.229 e. The summed E-state index contributed by atoms with van der Waals surface area (Å²) in [7, 11) is 0. The van der Waals surface area contributed by atoms with E-state index in [1.807, 2.05) is 6.92 Å². The Labute approximate surface area is 151 Å². The molecule has 1 aromatic carbocycles. The van der Waals surface area contributed by atoms with Crippen LogP contribution in [0.25, 0.3) is 0 Å². The lowest BCUT2D eigenvalue weighted by Gasteiger charge is -2.39. The maximum Gasteiger partial charge on any atom is 0.229 e. The number of hydrogen-bond acceptors (Lipinski definition) is 8. The number of aryl methyl sites for hydroxylation is 1. The molecule has 146 valence electrons. The molecule has 0 aliphatic carbocycles. The number of Topliss-reactive ketones (excluding diaryl/α,β-unsaturated/α-hetero) is 1. The molecule has 0 amide bonds. The van der Waals surface area contributed by atoms with E-state index >= 15 is 0 Å². The highest BCUT2D eigenvalue weighted by molar-refractivity contribution is 5.95. The first-order valence-electron chi connectivity index (χ1n) is 8.61. The summed E-state index contributed by atoms with van der Waals surface area (Å²) in [6.45, 7) is 4.88. The summed E-state index contributed by atoms with van der Waals surface area (Å²) < 4.78 is 16.7. The van der Waals surface area contributed by atoms with Crippen LogP contribution in [0.3, 0.4) is 0 Å². The lowest BCUT2D eigenvalue weighted by Crippen LogP contribution is -2.60. The number of aliphatic hydroxyl groups is 4. The molecule has 0 saturated carbocycles. The third kappa shape index (κ3) is 4.16. The number of ketones is 1. The van der Waals surface area contributed by atoms with Gasteiger partial charge in [-0.15, -0.1) is 0 Å². The Hall–Kier alpha value is -1.71. The molecule has 1 heterocycles. The van der Waals surface area contributed by atoms with Crippen LogP contribution in [-0.4, -0.2) is 70.1 Å². The Bertz CT molecular complexity index is 630. The fourth-order valence-electron chi connectivity index (χ4n) is 2.80. The normalized spacial score (nSPS) is 28.7. The summed E-state index contributed by atoms with van der Waals surface area (Å²) in [6, 6.07) is 3.22. The van der Waals surface area contributed by atoms with E-state index in [4.69, 9.17) is 14.2 Å². The van der Waals surface area contributed by atoms with Gasteiger partial charge in [-0.25, -0.2) is 0 Å². The first-order valence-corrected chi connectivity index (χ1v) is 8.61. The van der Waals surface area contributed by atoms with Gasteiger partial charge < -0.3 is 34.6 Å². The number of hydrogen-bond donors (Lipinski definition) is 4. The fraction of sp³-hybridized carbons (Fsp3) is 0.611. The number of aliphatic hydroxyl groups excluding tert-OH is 4. The van der Waals surface area contributed by atoms with Crippen molar-refractivity contribution in [2.45, 2.75) is 57.9 Å². The van der Waals surface area contributed by atoms with Gasteiger partial charge in [-0.2, -0.15) is 0 Å². The first-order chi connectivity index (χ1) is 12.3. The van der Waals surface area contributed by atoms with Gasteiger partial charge in [-0.1, -0.05) is 6.92 Å². The van der Waals surface area contributed by atoms with Crippen LogP contribution < -0.4 is 9.47 Å². The van der Waals surface area contributed by atoms with Crippen molar-refractivity contribution in [3.8, 4) is 11.5 Å². The predicted molar refractivity (Wildman–Crippen MR) is 91.4 cm³/mol. The topological polar surface area (TPSA) is 126 Å². The molecule has 5 atom stereocenters. The molecule has 8 nitrogen and oxygen atoms in total. The van der Waals surface area contributed by atoms with Crippen LogP contribution in [0.5, 0.6) is 11.5 Å². The van der Waals surface area contributed by atoms with E-state index in [9.17, 15) is 25.2 Å². The maximum atomic E-state index is 11.7. The highest BCUT2D eigenvalue weighted by Gasteiger charge is 2.45. The second-order valence-corrected chi connectivity index (χ2v) is 6.12. The second-order valence-electron chi connectivity index (χ2n) is 6.12. The molecular formula is C18H26O8. The van der Waals surface area contributed by atoms with E-state index in [0.717, 1.165) is 0 Å². The lowest BCUT2D eigenvalue weighted by atomic mass is 9.99. The van der Waals surface area contributed by atoms with Crippen molar-refractivity contribution in [3.63, 3.8) is 0 Å². The SMILES string of the molecule is CCOc1cc(C(C)=O)cc(CC)c1O[C@@H]1O[C@H](CO)[C@@H](O)[C@H](O)[C@H]1O. The number of benzene rings is 1. The van der Waals surface area contributed by atoms with Crippen LogP contribution in [0.2, 0.25) is 0 Å². The predicted octanol–water partition coefficient (Wildman–Crippen LogP) is 0.0290. The van der Waals surface area contributed by atoms with E-state index < -0.39 is 37.3 Å². The minimum absolute atomic E-state index is 0.125. The van der Waals surface area contributed by atoms with Crippen molar-refractivity contribution in [1.82, 2.24) is 0 Å². The Morgan fingerprint density at radius 3 is 2.38 bits per heavy atom. The summed E-state index contributed by atoms with van der Waals surface area (Å²) >= 11 is 0. The van der Waals surface area contributed by atoms with Crippen LogP contribution in [0.1, 0.15) is 36.7 Å². The third-order valence-corrected chi connectivity index (χ3v) is 4.30. The van der Waals surface area contributed by atoms with Gasteiger partial charge >= 0.3 is 0 Å². The number of rotatable bonds is 7. The van der Waals surface area contributed by atoms with E-state index in [1.54, 1.807) is 19.1 Å². The summed E-state index contributed by atoms with van der Waals surface area (Å²) in [5.74, 6) is 0.470. The highest BCUT2D eigenvalue weighted by atomic mass is 16.7. The van der Waals surface area contributed by atoms with Crippen molar-refractivity contribution in [3.05, 3.63) is 23.3 Å². The zero-order valence-corrected chi connectivity index (χ0v) is 15.1. The van der Waals surface area contributed by atoms with Crippen LogP contribution in [0, 0.1) is 0 Å². The van der Waals surface area contributed by atoms with Gasteiger partial charge in [0.05, 0.1) is 13.2 Å². The average Bonchev–Trinajstić information content (AvgIpc) is 2.62. The van der Waals surface area contributed by atoms with Crippen LogP contribution in [0.15, 0.2) is 12.1 Å². The Morgan fingerprint density at radius 1 is 1.15 bits per heavy atom. The van der Waals surface area contributed by atoms with Crippen molar-refractivity contribution in [2.75, 3.05) is 13.2 Å². The van der Waals surface area contributed by atoms with Crippen molar-refractivity contribution >= 4 is 5.78 Å². The summed E-state index contributed by atoms with van der Waals surface area (Å²) in [6.07, 6.45) is -6.41. The number of carbonyl (C=O) groups is 1. The molecule has 1 fully saturated rings. The summed E-state index contributed by atoms with van der Waals surface area (Å²) in [5, 5.41) is 39.2.